The van der Waals surface area contributed by atoms with E-state index < -0.39 is 6.09 Å². The Morgan fingerprint density at radius 2 is 1.84 bits per heavy atom. The molecule has 104 valence electrons. The number of benzene rings is 1. The number of rotatable bonds is 3. The van der Waals surface area contributed by atoms with Gasteiger partial charge < -0.3 is 20.9 Å². The molecule has 0 spiro atoms. The number of primary amides is 1. The third kappa shape index (κ3) is 4.02. The van der Waals surface area contributed by atoms with E-state index in [2.05, 4.69) is 15.9 Å². The molecule has 1 saturated carbocycles. The zero-order chi connectivity index (χ0) is 13.8. The molecule has 0 radical (unpaired) electrons. The molecule has 0 aliphatic heterocycles. The van der Waals surface area contributed by atoms with Gasteiger partial charge in [0.2, 0.25) is 0 Å². The minimum atomic E-state index is -0.703. The molecule has 1 fully saturated rings. The van der Waals surface area contributed by atoms with Crippen molar-refractivity contribution in [3.63, 3.8) is 0 Å². The average molecular weight is 329 g/mol. The molecule has 1 aromatic rings. The normalized spacial score (nSPS) is 22.8. The van der Waals surface area contributed by atoms with Crippen LogP contribution in [-0.4, -0.2) is 18.3 Å². The number of carbonyl (C=O) groups excluding carboxylic acids is 1. The highest BCUT2D eigenvalue weighted by molar-refractivity contribution is 9.10. The molecule has 5 nitrogen and oxygen atoms in total. The summed E-state index contributed by atoms with van der Waals surface area (Å²) in [6, 6.07) is 5.48. The Kier molecular flexibility index (Phi) is 4.52. The standard InChI is InChI=1S/C13H17BrN2O3/c14-11-7-8(15)1-6-12(11)18-9-2-4-10(5-3-9)19-13(16)17/h1,6-7,9-10H,2-5,15H2,(H2,16,17). The van der Waals surface area contributed by atoms with Crippen molar-refractivity contribution in [2.24, 2.45) is 5.73 Å². The van der Waals surface area contributed by atoms with E-state index in [1.807, 2.05) is 18.2 Å². The van der Waals surface area contributed by atoms with Crippen molar-refractivity contribution < 1.29 is 14.3 Å². The lowest BCUT2D eigenvalue weighted by atomic mass is 9.95. The number of hydrogen-bond donors (Lipinski definition) is 2. The fourth-order valence-corrected chi connectivity index (χ4v) is 2.71. The van der Waals surface area contributed by atoms with Crippen LogP contribution in [0, 0.1) is 0 Å². The van der Waals surface area contributed by atoms with E-state index in [1.165, 1.54) is 0 Å². The Morgan fingerprint density at radius 3 is 2.42 bits per heavy atom. The van der Waals surface area contributed by atoms with Crippen molar-refractivity contribution >= 4 is 27.7 Å². The molecule has 1 aromatic carbocycles. The molecule has 1 amide bonds. The van der Waals surface area contributed by atoms with Gasteiger partial charge in [0.1, 0.15) is 11.9 Å². The molecule has 0 aromatic heterocycles. The molecule has 0 bridgehead atoms. The minimum Gasteiger partial charge on any atom is -0.489 e. The van der Waals surface area contributed by atoms with Crippen LogP contribution in [0.2, 0.25) is 0 Å². The Bertz CT molecular complexity index is 459. The molecular formula is C13H17BrN2O3. The first kappa shape index (κ1) is 14.0. The predicted molar refractivity (Wildman–Crippen MR) is 75.9 cm³/mol. The van der Waals surface area contributed by atoms with Gasteiger partial charge in [0.25, 0.3) is 0 Å². The zero-order valence-electron chi connectivity index (χ0n) is 10.5. The van der Waals surface area contributed by atoms with E-state index in [4.69, 9.17) is 20.9 Å². The van der Waals surface area contributed by atoms with Gasteiger partial charge in [-0.1, -0.05) is 0 Å². The van der Waals surface area contributed by atoms with Crippen LogP contribution in [0.3, 0.4) is 0 Å². The number of ether oxygens (including phenoxy) is 2. The minimum absolute atomic E-state index is 0.0767. The number of nitrogen functional groups attached to an aromatic ring is 1. The maximum absolute atomic E-state index is 10.7. The molecule has 2 rings (SSSR count). The van der Waals surface area contributed by atoms with E-state index in [-0.39, 0.29) is 12.2 Å². The van der Waals surface area contributed by atoms with E-state index in [0.29, 0.717) is 5.69 Å². The summed E-state index contributed by atoms with van der Waals surface area (Å²) in [4.78, 5) is 10.7. The van der Waals surface area contributed by atoms with Gasteiger partial charge in [-0.2, -0.15) is 0 Å². The first-order valence-electron chi connectivity index (χ1n) is 6.22. The van der Waals surface area contributed by atoms with Gasteiger partial charge in [0.15, 0.2) is 0 Å². The second kappa shape index (κ2) is 6.14. The molecule has 0 atom stereocenters. The summed E-state index contributed by atoms with van der Waals surface area (Å²) in [6.45, 7) is 0. The highest BCUT2D eigenvalue weighted by Crippen LogP contribution is 2.31. The number of hydrogen-bond acceptors (Lipinski definition) is 4. The van der Waals surface area contributed by atoms with Crippen LogP contribution in [0.4, 0.5) is 10.5 Å². The monoisotopic (exact) mass is 328 g/mol. The Morgan fingerprint density at radius 1 is 1.21 bits per heavy atom. The van der Waals surface area contributed by atoms with Crippen LogP contribution in [-0.2, 0) is 4.74 Å². The lowest BCUT2D eigenvalue weighted by Crippen LogP contribution is -2.31. The van der Waals surface area contributed by atoms with E-state index in [1.54, 1.807) is 0 Å². The van der Waals surface area contributed by atoms with Gasteiger partial charge in [0, 0.05) is 5.69 Å². The molecule has 0 saturated heterocycles. The van der Waals surface area contributed by atoms with Gasteiger partial charge in [-0.3, -0.25) is 0 Å². The lowest BCUT2D eigenvalue weighted by molar-refractivity contribution is 0.0467. The predicted octanol–water partition coefficient (Wildman–Crippen LogP) is 2.82. The quantitative estimate of drug-likeness (QED) is 0.835. The molecular weight excluding hydrogens is 312 g/mol. The number of carbonyl (C=O) groups is 1. The highest BCUT2D eigenvalue weighted by atomic mass is 79.9. The first-order valence-corrected chi connectivity index (χ1v) is 7.01. The molecule has 0 heterocycles. The number of amides is 1. The zero-order valence-corrected chi connectivity index (χ0v) is 12.1. The summed E-state index contributed by atoms with van der Waals surface area (Å²) in [6.07, 6.45) is 2.59. The number of halogens is 1. The molecule has 6 heteroatoms. The second-order valence-electron chi connectivity index (χ2n) is 4.64. The molecule has 4 N–H and O–H groups in total. The van der Waals surface area contributed by atoms with Crippen molar-refractivity contribution in [3.05, 3.63) is 22.7 Å². The summed E-state index contributed by atoms with van der Waals surface area (Å²) in [5.74, 6) is 0.786. The second-order valence-corrected chi connectivity index (χ2v) is 5.50. The topological polar surface area (TPSA) is 87.6 Å². The third-order valence-corrected chi connectivity index (χ3v) is 3.77. The molecule has 19 heavy (non-hydrogen) atoms. The summed E-state index contributed by atoms with van der Waals surface area (Å²) >= 11 is 3.43. The summed E-state index contributed by atoms with van der Waals surface area (Å²) in [5, 5.41) is 0. The van der Waals surface area contributed by atoms with Crippen LogP contribution in [0.1, 0.15) is 25.7 Å². The van der Waals surface area contributed by atoms with Crippen molar-refractivity contribution in [1.82, 2.24) is 0 Å². The van der Waals surface area contributed by atoms with Crippen molar-refractivity contribution in [3.8, 4) is 5.75 Å². The van der Waals surface area contributed by atoms with Crippen molar-refractivity contribution in [1.29, 1.82) is 0 Å². The van der Waals surface area contributed by atoms with E-state index in [0.717, 1.165) is 35.9 Å². The molecule has 1 aliphatic carbocycles. The summed E-state index contributed by atoms with van der Waals surface area (Å²) in [7, 11) is 0. The van der Waals surface area contributed by atoms with Gasteiger partial charge in [-0.05, 0) is 59.8 Å². The fraction of sp³-hybridized carbons (Fsp3) is 0.462. The van der Waals surface area contributed by atoms with Crippen LogP contribution in [0.5, 0.6) is 5.75 Å². The van der Waals surface area contributed by atoms with Gasteiger partial charge in [-0.25, -0.2) is 4.79 Å². The van der Waals surface area contributed by atoms with Crippen LogP contribution in [0.15, 0.2) is 22.7 Å². The smallest absolute Gasteiger partial charge is 0.404 e. The fourth-order valence-electron chi connectivity index (χ4n) is 2.22. The van der Waals surface area contributed by atoms with Crippen LogP contribution in [0.25, 0.3) is 0 Å². The van der Waals surface area contributed by atoms with E-state index in [9.17, 15) is 4.79 Å². The maximum atomic E-state index is 10.7. The Balaban J connectivity index is 1.87. The highest BCUT2D eigenvalue weighted by Gasteiger charge is 2.24. The van der Waals surface area contributed by atoms with Crippen molar-refractivity contribution in [2.75, 3.05) is 5.73 Å². The summed E-state index contributed by atoms with van der Waals surface area (Å²) in [5.41, 5.74) is 11.4. The summed E-state index contributed by atoms with van der Waals surface area (Å²) < 4.78 is 11.8. The van der Waals surface area contributed by atoms with Crippen LogP contribution < -0.4 is 16.2 Å². The number of nitrogens with two attached hydrogens (primary N) is 2. The van der Waals surface area contributed by atoms with Crippen LogP contribution >= 0.6 is 15.9 Å². The number of anilines is 1. The lowest BCUT2D eigenvalue weighted by Gasteiger charge is -2.28. The van der Waals surface area contributed by atoms with Gasteiger partial charge >= 0.3 is 6.09 Å². The van der Waals surface area contributed by atoms with Gasteiger partial charge in [0.05, 0.1) is 10.6 Å². The Hall–Kier alpha value is -1.43. The maximum Gasteiger partial charge on any atom is 0.404 e. The largest absolute Gasteiger partial charge is 0.489 e. The first-order chi connectivity index (χ1) is 9.04. The van der Waals surface area contributed by atoms with E-state index >= 15 is 0 Å². The van der Waals surface area contributed by atoms with Crippen molar-refractivity contribution in [2.45, 2.75) is 37.9 Å². The SMILES string of the molecule is NC(=O)OC1CCC(Oc2ccc(N)cc2Br)CC1. The molecule has 1 aliphatic rings. The molecule has 0 unspecified atom stereocenters. The van der Waals surface area contributed by atoms with Gasteiger partial charge in [-0.15, -0.1) is 0 Å². The average Bonchev–Trinajstić information content (AvgIpc) is 2.34. The third-order valence-electron chi connectivity index (χ3n) is 3.15. The Labute approximate surface area is 120 Å².